The second-order valence-corrected chi connectivity index (χ2v) is 6.04. The highest BCUT2D eigenvalue weighted by atomic mass is 79.9. The van der Waals surface area contributed by atoms with Crippen molar-refractivity contribution in [2.45, 2.75) is 31.6 Å². The fourth-order valence-electron chi connectivity index (χ4n) is 3.41. The molecule has 0 aliphatic heterocycles. The van der Waals surface area contributed by atoms with Crippen molar-refractivity contribution in [1.29, 1.82) is 0 Å². The van der Waals surface area contributed by atoms with E-state index in [2.05, 4.69) is 47.1 Å². The van der Waals surface area contributed by atoms with Gasteiger partial charge in [0.2, 0.25) is 0 Å². The van der Waals surface area contributed by atoms with Gasteiger partial charge in [-0.25, -0.2) is 0 Å². The van der Waals surface area contributed by atoms with Gasteiger partial charge in [-0.1, -0.05) is 35.0 Å². The lowest BCUT2D eigenvalue weighted by atomic mass is 9.34. The van der Waals surface area contributed by atoms with Crippen LogP contribution in [-0.4, -0.2) is 0 Å². The molecule has 0 aromatic heterocycles. The Morgan fingerprint density at radius 3 is 2.08 bits per heavy atom. The highest BCUT2D eigenvalue weighted by Gasteiger charge is 2.65. The van der Waals surface area contributed by atoms with Gasteiger partial charge in [-0.3, -0.25) is 0 Å². The lowest BCUT2D eigenvalue weighted by Gasteiger charge is -2.70. The van der Waals surface area contributed by atoms with Gasteiger partial charge in [0.05, 0.1) is 0 Å². The Labute approximate surface area is 87.5 Å². The van der Waals surface area contributed by atoms with Crippen LogP contribution in [0.15, 0.2) is 28.7 Å². The minimum absolute atomic E-state index is 0.593. The van der Waals surface area contributed by atoms with Crippen LogP contribution in [0.2, 0.25) is 0 Å². The van der Waals surface area contributed by atoms with E-state index in [0.29, 0.717) is 10.8 Å². The van der Waals surface area contributed by atoms with Gasteiger partial charge in [-0.15, -0.1) is 0 Å². The number of rotatable bonds is 1. The van der Waals surface area contributed by atoms with Crippen LogP contribution < -0.4 is 0 Å². The standard InChI is InChI=1S/C12H13Br/c1-11-6-12(7-11,8-11)9-2-4-10(13)5-3-9/h2-5H,6-8H2,1H3. The van der Waals surface area contributed by atoms with Gasteiger partial charge in [-0.05, 0) is 47.8 Å². The topological polar surface area (TPSA) is 0 Å². The molecule has 4 rings (SSSR count). The molecule has 0 heterocycles. The first kappa shape index (κ1) is 8.05. The molecule has 0 atom stereocenters. The molecule has 3 saturated carbocycles. The van der Waals surface area contributed by atoms with Gasteiger partial charge in [0.25, 0.3) is 0 Å². The van der Waals surface area contributed by atoms with E-state index >= 15 is 0 Å². The summed E-state index contributed by atoms with van der Waals surface area (Å²) >= 11 is 3.48. The molecule has 0 radical (unpaired) electrons. The largest absolute Gasteiger partial charge is 0.0595 e. The maximum absolute atomic E-state index is 3.48. The van der Waals surface area contributed by atoms with E-state index in [1.165, 1.54) is 23.7 Å². The Morgan fingerprint density at radius 1 is 1.08 bits per heavy atom. The highest BCUT2D eigenvalue weighted by molar-refractivity contribution is 9.10. The zero-order valence-corrected chi connectivity index (χ0v) is 9.39. The average molecular weight is 237 g/mol. The molecule has 1 heteroatoms. The van der Waals surface area contributed by atoms with Crippen LogP contribution >= 0.6 is 15.9 Å². The van der Waals surface area contributed by atoms with E-state index in [1.54, 1.807) is 5.56 Å². The molecule has 13 heavy (non-hydrogen) atoms. The fraction of sp³-hybridized carbons (Fsp3) is 0.500. The minimum Gasteiger partial charge on any atom is -0.0595 e. The van der Waals surface area contributed by atoms with E-state index in [-0.39, 0.29) is 0 Å². The van der Waals surface area contributed by atoms with Gasteiger partial charge < -0.3 is 0 Å². The normalized spacial score (nSPS) is 40.8. The molecule has 0 saturated heterocycles. The Balaban J connectivity index is 1.91. The summed E-state index contributed by atoms with van der Waals surface area (Å²) in [5.74, 6) is 0. The van der Waals surface area contributed by atoms with Gasteiger partial charge in [-0.2, -0.15) is 0 Å². The van der Waals surface area contributed by atoms with Crippen molar-refractivity contribution in [3.8, 4) is 0 Å². The molecule has 0 spiro atoms. The first-order valence-electron chi connectivity index (χ1n) is 4.88. The van der Waals surface area contributed by atoms with Crippen LogP contribution in [0.25, 0.3) is 0 Å². The Morgan fingerprint density at radius 2 is 1.62 bits per heavy atom. The Bertz CT molecular complexity index is 330. The predicted octanol–water partition coefficient (Wildman–Crippen LogP) is 3.89. The van der Waals surface area contributed by atoms with E-state index in [9.17, 15) is 0 Å². The van der Waals surface area contributed by atoms with Crippen LogP contribution in [0.4, 0.5) is 0 Å². The van der Waals surface area contributed by atoms with Crippen molar-refractivity contribution in [3.63, 3.8) is 0 Å². The molecule has 68 valence electrons. The third kappa shape index (κ3) is 0.969. The van der Waals surface area contributed by atoms with Gasteiger partial charge in [0.15, 0.2) is 0 Å². The minimum atomic E-state index is 0.593. The smallest absolute Gasteiger partial charge is 0.0175 e. The second kappa shape index (κ2) is 2.20. The molecule has 0 amide bonds. The molecule has 1 aromatic rings. The van der Waals surface area contributed by atoms with Gasteiger partial charge in [0.1, 0.15) is 0 Å². The predicted molar refractivity (Wildman–Crippen MR) is 57.8 cm³/mol. The first-order chi connectivity index (χ1) is 6.12. The van der Waals surface area contributed by atoms with Crippen LogP contribution in [-0.2, 0) is 5.41 Å². The van der Waals surface area contributed by atoms with E-state index < -0.39 is 0 Å². The van der Waals surface area contributed by atoms with Crippen molar-refractivity contribution in [2.75, 3.05) is 0 Å². The summed E-state index contributed by atoms with van der Waals surface area (Å²) in [4.78, 5) is 0. The lowest BCUT2D eigenvalue weighted by molar-refractivity contribution is -0.125. The third-order valence-corrected chi connectivity index (χ3v) is 4.28. The Kier molecular flexibility index (Phi) is 1.36. The van der Waals surface area contributed by atoms with Crippen molar-refractivity contribution in [2.24, 2.45) is 5.41 Å². The van der Waals surface area contributed by atoms with E-state index in [4.69, 9.17) is 0 Å². The molecule has 0 nitrogen and oxygen atoms in total. The van der Waals surface area contributed by atoms with Crippen molar-refractivity contribution < 1.29 is 0 Å². The molecule has 1 aromatic carbocycles. The summed E-state index contributed by atoms with van der Waals surface area (Å²) in [5, 5.41) is 0. The zero-order chi connectivity index (χ0) is 9.10. The maximum Gasteiger partial charge on any atom is 0.0175 e. The summed E-state index contributed by atoms with van der Waals surface area (Å²) in [6.45, 7) is 2.41. The van der Waals surface area contributed by atoms with Crippen molar-refractivity contribution in [3.05, 3.63) is 34.3 Å². The third-order valence-electron chi connectivity index (χ3n) is 3.75. The second-order valence-electron chi connectivity index (χ2n) is 5.13. The van der Waals surface area contributed by atoms with Gasteiger partial charge in [0, 0.05) is 4.47 Å². The summed E-state index contributed by atoms with van der Waals surface area (Å²) in [7, 11) is 0. The van der Waals surface area contributed by atoms with E-state index in [1.807, 2.05) is 0 Å². The first-order valence-corrected chi connectivity index (χ1v) is 5.67. The molecular weight excluding hydrogens is 224 g/mol. The molecular formula is C12H13Br. The van der Waals surface area contributed by atoms with Crippen LogP contribution in [0.3, 0.4) is 0 Å². The number of hydrogen-bond donors (Lipinski definition) is 0. The monoisotopic (exact) mass is 236 g/mol. The average Bonchev–Trinajstić information content (AvgIpc) is 1.99. The van der Waals surface area contributed by atoms with Crippen LogP contribution in [0.5, 0.6) is 0 Å². The maximum atomic E-state index is 3.48. The van der Waals surface area contributed by atoms with Crippen LogP contribution in [0, 0.1) is 5.41 Å². The molecule has 3 aliphatic rings. The molecule has 3 aliphatic carbocycles. The summed E-state index contributed by atoms with van der Waals surface area (Å²) in [5.41, 5.74) is 2.86. The number of hydrogen-bond acceptors (Lipinski definition) is 0. The molecule has 3 fully saturated rings. The van der Waals surface area contributed by atoms with Crippen LogP contribution in [0.1, 0.15) is 31.7 Å². The zero-order valence-electron chi connectivity index (χ0n) is 7.81. The highest BCUT2D eigenvalue weighted by Crippen LogP contribution is 2.73. The fourth-order valence-corrected chi connectivity index (χ4v) is 3.67. The summed E-state index contributed by atoms with van der Waals surface area (Å²) in [6.07, 6.45) is 4.25. The number of halogens is 1. The lowest BCUT2D eigenvalue weighted by Crippen LogP contribution is -2.62. The van der Waals surface area contributed by atoms with Gasteiger partial charge >= 0.3 is 0 Å². The van der Waals surface area contributed by atoms with Crippen molar-refractivity contribution in [1.82, 2.24) is 0 Å². The van der Waals surface area contributed by atoms with Crippen molar-refractivity contribution >= 4 is 15.9 Å². The summed E-state index contributed by atoms with van der Waals surface area (Å²) in [6, 6.07) is 8.89. The Hall–Kier alpha value is -0.300. The quantitative estimate of drug-likeness (QED) is 0.695. The molecule has 0 N–H and O–H groups in total. The number of benzene rings is 1. The molecule has 2 bridgehead atoms. The van der Waals surface area contributed by atoms with E-state index in [0.717, 1.165) is 0 Å². The molecule has 0 unspecified atom stereocenters. The SMILES string of the molecule is CC12CC(c3ccc(Br)cc3)(C1)C2. The summed E-state index contributed by atoms with van der Waals surface area (Å²) < 4.78 is 1.19.